The molecule has 1 rings (SSSR count). The van der Waals surface area contributed by atoms with E-state index in [1.54, 1.807) is 13.4 Å². The van der Waals surface area contributed by atoms with Crippen LogP contribution in [0.5, 0.6) is 0 Å². The van der Waals surface area contributed by atoms with Gasteiger partial charge in [0.05, 0.1) is 6.26 Å². The minimum Gasteiger partial charge on any atom is -0.469 e. The number of hydrogen-bond donors (Lipinski definition) is 1. The van der Waals surface area contributed by atoms with Crippen molar-refractivity contribution in [3.8, 4) is 0 Å². The molecular formula is C14H25NO2. The molecule has 0 spiro atoms. The molecule has 0 saturated carbocycles. The van der Waals surface area contributed by atoms with E-state index in [1.807, 2.05) is 12.1 Å². The number of rotatable bonds is 10. The Labute approximate surface area is 105 Å². The molecular weight excluding hydrogens is 214 g/mol. The summed E-state index contributed by atoms with van der Waals surface area (Å²) in [4.78, 5) is 0. The van der Waals surface area contributed by atoms with Gasteiger partial charge < -0.3 is 14.5 Å². The highest BCUT2D eigenvalue weighted by atomic mass is 16.5. The minimum atomic E-state index is 0.558. The molecule has 0 aliphatic carbocycles. The van der Waals surface area contributed by atoms with Crippen molar-refractivity contribution in [2.24, 2.45) is 0 Å². The molecule has 3 nitrogen and oxygen atoms in total. The number of ether oxygens (including phenoxy) is 1. The summed E-state index contributed by atoms with van der Waals surface area (Å²) in [5, 5.41) is 3.54. The summed E-state index contributed by atoms with van der Waals surface area (Å²) in [6, 6.07) is 4.54. The van der Waals surface area contributed by atoms with Crippen LogP contribution >= 0.6 is 0 Å². The maximum absolute atomic E-state index is 5.31. The van der Waals surface area contributed by atoms with Crippen molar-refractivity contribution < 1.29 is 9.15 Å². The van der Waals surface area contributed by atoms with Crippen LogP contribution in [0.1, 0.15) is 38.4 Å². The fourth-order valence-corrected chi connectivity index (χ4v) is 1.81. The fourth-order valence-electron chi connectivity index (χ4n) is 1.81. The van der Waals surface area contributed by atoms with Gasteiger partial charge in [-0.15, -0.1) is 0 Å². The topological polar surface area (TPSA) is 34.4 Å². The first-order valence-electron chi connectivity index (χ1n) is 6.57. The normalized spacial score (nSPS) is 12.8. The van der Waals surface area contributed by atoms with Gasteiger partial charge >= 0.3 is 0 Å². The van der Waals surface area contributed by atoms with E-state index in [4.69, 9.17) is 9.15 Å². The molecule has 98 valence electrons. The number of hydrogen-bond acceptors (Lipinski definition) is 3. The lowest BCUT2D eigenvalue weighted by molar-refractivity contribution is 0.192. The van der Waals surface area contributed by atoms with Crippen LogP contribution in [0.15, 0.2) is 22.8 Å². The first-order chi connectivity index (χ1) is 8.33. The lowest BCUT2D eigenvalue weighted by Crippen LogP contribution is -2.27. The number of aryl methyl sites for hydroxylation is 1. The van der Waals surface area contributed by atoms with E-state index in [-0.39, 0.29) is 0 Å². The third-order valence-corrected chi connectivity index (χ3v) is 2.92. The second-order valence-corrected chi connectivity index (χ2v) is 4.53. The predicted molar refractivity (Wildman–Crippen MR) is 70.2 cm³/mol. The minimum absolute atomic E-state index is 0.558. The maximum atomic E-state index is 5.31. The van der Waals surface area contributed by atoms with E-state index in [9.17, 15) is 0 Å². The Morgan fingerprint density at radius 1 is 1.35 bits per heavy atom. The van der Waals surface area contributed by atoms with Gasteiger partial charge in [-0.2, -0.15) is 0 Å². The van der Waals surface area contributed by atoms with Gasteiger partial charge in [0.15, 0.2) is 0 Å². The average molecular weight is 239 g/mol. The van der Waals surface area contributed by atoms with E-state index >= 15 is 0 Å². The first-order valence-corrected chi connectivity index (χ1v) is 6.57. The van der Waals surface area contributed by atoms with Crippen LogP contribution in [0.2, 0.25) is 0 Å². The average Bonchev–Trinajstić information content (AvgIpc) is 2.84. The van der Waals surface area contributed by atoms with Gasteiger partial charge in [0, 0.05) is 26.2 Å². The molecule has 0 bridgehead atoms. The molecule has 0 aliphatic heterocycles. The fraction of sp³-hybridized carbons (Fsp3) is 0.714. The zero-order chi connectivity index (χ0) is 12.3. The molecule has 1 unspecified atom stereocenters. The Morgan fingerprint density at radius 2 is 2.24 bits per heavy atom. The van der Waals surface area contributed by atoms with Crippen molar-refractivity contribution in [2.75, 3.05) is 20.3 Å². The molecule has 3 heteroatoms. The molecule has 1 N–H and O–H groups in total. The lowest BCUT2D eigenvalue weighted by Gasteiger charge is -2.12. The van der Waals surface area contributed by atoms with E-state index in [2.05, 4.69) is 12.2 Å². The van der Waals surface area contributed by atoms with Crippen LogP contribution < -0.4 is 5.32 Å². The summed E-state index contributed by atoms with van der Waals surface area (Å²) < 4.78 is 10.3. The number of methoxy groups -OCH3 is 1. The van der Waals surface area contributed by atoms with Crippen molar-refractivity contribution in [1.29, 1.82) is 0 Å². The third-order valence-electron chi connectivity index (χ3n) is 2.92. The van der Waals surface area contributed by atoms with Crippen LogP contribution in [-0.2, 0) is 11.2 Å². The second-order valence-electron chi connectivity index (χ2n) is 4.53. The highest BCUT2D eigenvalue weighted by Gasteiger charge is 2.02. The largest absolute Gasteiger partial charge is 0.469 e. The van der Waals surface area contributed by atoms with E-state index in [0.717, 1.165) is 31.8 Å². The van der Waals surface area contributed by atoms with Crippen LogP contribution in [-0.4, -0.2) is 26.3 Å². The van der Waals surface area contributed by atoms with E-state index in [0.29, 0.717) is 6.04 Å². The van der Waals surface area contributed by atoms with Crippen LogP contribution in [0.3, 0.4) is 0 Å². The van der Waals surface area contributed by atoms with E-state index < -0.39 is 0 Å². The van der Waals surface area contributed by atoms with Gasteiger partial charge in [0.2, 0.25) is 0 Å². The van der Waals surface area contributed by atoms with Crippen molar-refractivity contribution >= 4 is 0 Å². The lowest BCUT2D eigenvalue weighted by atomic mass is 10.1. The van der Waals surface area contributed by atoms with Crippen LogP contribution in [0.25, 0.3) is 0 Å². The van der Waals surface area contributed by atoms with Crippen molar-refractivity contribution in [3.05, 3.63) is 24.2 Å². The second kappa shape index (κ2) is 9.25. The van der Waals surface area contributed by atoms with Crippen molar-refractivity contribution in [2.45, 2.75) is 45.1 Å². The predicted octanol–water partition coefficient (Wildman–Crippen LogP) is 3.01. The van der Waals surface area contributed by atoms with Gasteiger partial charge in [-0.3, -0.25) is 0 Å². The highest BCUT2D eigenvalue weighted by molar-refractivity contribution is 4.98. The summed E-state index contributed by atoms with van der Waals surface area (Å²) in [6.45, 7) is 4.22. The van der Waals surface area contributed by atoms with Crippen LogP contribution in [0, 0.1) is 0 Å². The van der Waals surface area contributed by atoms with Gasteiger partial charge in [-0.25, -0.2) is 0 Å². The summed E-state index contributed by atoms with van der Waals surface area (Å²) >= 11 is 0. The molecule has 0 aromatic carbocycles. The summed E-state index contributed by atoms with van der Waals surface area (Å²) in [5.41, 5.74) is 0. The Bertz CT molecular complexity index is 259. The molecule has 1 aromatic rings. The zero-order valence-corrected chi connectivity index (χ0v) is 11.1. The Hall–Kier alpha value is -0.800. The third kappa shape index (κ3) is 7.18. The Balaban J connectivity index is 1.92. The first kappa shape index (κ1) is 14.3. The van der Waals surface area contributed by atoms with Crippen molar-refractivity contribution in [3.63, 3.8) is 0 Å². The molecule has 0 amide bonds. The molecule has 1 aromatic heterocycles. The van der Waals surface area contributed by atoms with Gasteiger partial charge in [-0.1, -0.05) is 0 Å². The SMILES string of the molecule is COCCCCCNC(C)CCc1ccco1. The van der Waals surface area contributed by atoms with Crippen LogP contribution in [0.4, 0.5) is 0 Å². The number of furan rings is 1. The van der Waals surface area contributed by atoms with Crippen molar-refractivity contribution in [1.82, 2.24) is 5.32 Å². The molecule has 0 saturated heterocycles. The molecule has 1 heterocycles. The molecule has 0 radical (unpaired) electrons. The quantitative estimate of drug-likeness (QED) is 0.637. The van der Waals surface area contributed by atoms with Gasteiger partial charge in [0.1, 0.15) is 5.76 Å². The number of unbranched alkanes of at least 4 members (excludes halogenated alkanes) is 2. The molecule has 17 heavy (non-hydrogen) atoms. The highest BCUT2D eigenvalue weighted by Crippen LogP contribution is 2.05. The summed E-state index contributed by atoms with van der Waals surface area (Å²) in [7, 11) is 1.76. The molecule has 1 atom stereocenters. The summed E-state index contributed by atoms with van der Waals surface area (Å²) in [5.74, 6) is 1.08. The number of nitrogens with one attached hydrogen (secondary N) is 1. The van der Waals surface area contributed by atoms with Gasteiger partial charge in [-0.05, 0) is 51.3 Å². The maximum Gasteiger partial charge on any atom is 0.103 e. The standard InChI is InChI=1S/C14H25NO2/c1-13(8-9-14-7-6-12-17-14)15-10-4-3-5-11-16-2/h6-7,12-13,15H,3-5,8-11H2,1-2H3. The zero-order valence-electron chi connectivity index (χ0n) is 11.1. The van der Waals surface area contributed by atoms with E-state index in [1.165, 1.54) is 19.3 Å². The van der Waals surface area contributed by atoms with Gasteiger partial charge in [0.25, 0.3) is 0 Å². The molecule has 0 fully saturated rings. The summed E-state index contributed by atoms with van der Waals surface area (Å²) in [6.07, 6.45) is 7.53. The monoisotopic (exact) mass is 239 g/mol. The Morgan fingerprint density at radius 3 is 2.94 bits per heavy atom. The smallest absolute Gasteiger partial charge is 0.103 e. The Kier molecular flexibility index (Phi) is 7.76. The molecule has 0 aliphatic rings.